The molecule has 1 saturated carbocycles. The summed E-state index contributed by atoms with van der Waals surface area (Å²) in [5, 5.41) is 0. The monoisotopic (exact) mass is 221 g/mol. The van der Waals surface area contributed by atoms with Gasteiger partial charge in [0, 0.05) is 18.8 Å². The average molecular weight is 221 g/mol. The first kappa shape index (κ1) is 11.6. The van der Waals surface area contributed by atoms with Gasteiger partial charge >= 0.3 is 0 Å². The molecule has 3 atom stereocenters. The molecule has 3 nitrogen and oxygen atoms in total. The van der Waals surface area contributed by atoms with E-state index in [1.54, 1.807) is 0 Å². The fourth-order valence-electron chi connectivity index (χ4n) is 2.87. The molecule has 3 heteroatoms. The van der Waals surface area contributed by atoms with Crippen molar-refractivity contribution in [3.63, 3.8) is 0 Å². The molecule has 0 aliphatic heterocycles. The van der Waals surface area contributed by atoms with Gasteiger partial charge in [-0.2, -0.15) is 0 Å². The predicted octanol–water partition coefficient (Wildman–Crippen LogP) is 2.73. The van der Waals surface area contributed by atoms with Gasteiger partial charge in [0.05, 0.1) is 12.0 Å². The summed E-state index contributed by atoms with van der Waals surface area (Å²) < 4.78 is 2.24. The second-order valence-corrected chi connectivity index (χ2v) is 5.40. The fourth-order valence-corrected chi connectivity index (χ4v) is 2.87. The quantitative estimate of drug-likeness (QED) is 0.853. The lowest BCUT2D eigenvalue weighted by molar-refractivity contribution is 0.254. The van der Waals surface area contributed by atoms with Crippen LogP contribution in [0.5, 0.6) is 0 Å². The Bertz CT molecular complexity index is 330. The van der Waals surface area contributed by atoms with E-state index >= 15 is 0 Å². The molecule has 2 rings (SSSR count). The van der Waals surface area contributed by atoms with Crippen molar-refractivity contribution in [2.45, 2.75) is 52.1 Å². The van der Waals surface area contributed by atoms with Gasteiger partial charge in [0.1, 0.15) is 0 Å². The van der Waals surface area contributed by atoms with Gasteiger partial charge in [-0.25, -0.2) is 4.98 Å². The molecule has 1 aromatic rings. The standard InChI is InChI=1S/C13H23N3/c1-10-4-3-5-12(6-10)8-16-9-15-7-13(16)11(2)14/h7,9-12H,3-6,8,14H2,1-2H3/t10?,11-,12?/m1/s1. The Balaban J connectivity index is 2.00. The van der Waals surface area contributed by atoms with E-state index in [0.717, 1.165) is 18.4 Å². The van der Waals surface area contributed by atoms with Crippen LogP contribution in [0.1, 0.15) is 51.3 Å². The minimum atomic E-state index is 0.0866. The fraction of sp³-hybridized carbons (Fsp3) is 0.769. The first-order valence-corrected chi connectivity index (χ1v) is 6.42. The molecule has 1 aliphatic rings. The minimum Gasteiger partial charge on any atom is -0.333 e. The molecule has 0 spiro atoms. The lowest BCUT2D eigenvalue weighted by atomic mass is 9.82. The highest BCUT2D eigenvalue weighted by Crippen LogP contribution is 2.30. The van der Waals surface area contributed by atoms with Gasteiger partial charge in [-0.15, -0.1) is 0 Å². The Morgan fingerprint density at radius 2 is 2.38 bits per heavy atom. The highest BCUT2D eigenvalue weighted by atomic mass is 15.1. The van der Waals surface area contributed by atoms with Gasteiger partial charge in [-0.3, -0.25) is 0 Å². The predicted molar refractivity (Wildman–Crippen MR) is 66.0 cm³/mol. The van der Waals surface area contributed by atoms with Crippen LogP contribution in [-0.2, 0) is 6.54 Å². The Morgan fingerprint density at radius 3 is 3.06 bits per heavy atom. The molecule has 2 N–H and O–H groups in total. The van der Waals surface area contributed by atoms with Gasteiger partial charge in [-0.1, -0.05) is 19.8 Å². The summed E-state index contributed by atoms with van der Waals surface area (Å²) in [5.74, 6) is 1.71. The number of hydrogen-bond donors (Lipinski definition) is 1. The molecule has 0 bridgehead atoms. The maximum Gasteiger partial charge on any atom is 0.0948 e. The highest BCUT2D eigenvalue weighted by molar-refractivity contribution is 5.03. The Hall–Kier alpha value is -0.830. The molecule has 1 aliphatic carbocycles. The van der Waals surface area contributed by atoms with Crippen LogP contribution in [0.3, 0.4) is 0 Å². The number of hydrogen-bond acceptors (Lipinski definition) is 2. The van der Waals surface area contributed by atoms with E-state index in [2.05, 4.69) is 16.5 Å². The molecule has 90 valence electrons. The van der Waals surface area contributed by atoms with Gasteiger partial charge in [0.2, 0.25) is 0 Å². The van der Waals surface area contributed by atoms with Crippen LogP contribution in [0, 0.1) is 11.8 Å². The molecule has 1 fully saturated rings. The number of nitrogens with zero attached hydrogens (tertiary/aromatic N) is 2. The van der Waals surface area contributed by atoms with Crippen molar-refractivity contribution in [3.05, 3.63) is 18.2 Å². The molecule has 0 radical (unpaired) electrons. The number of rotatable bonds is 3. The van der Waals surface area contributed by atoms with Crippen molar-refractivity contribution in [3.8, 4) is 0 Å². The van der Waals surface area contributed by atoms with Crippen molar-refractivity contribution in [2.75, 3.05) is 0 Å². The van der Waals surface area contributed by atoms with Gasteiger partial charge in [0.25, 0.3) is 0 Å². The first-order valence-electron chi connectivity index (χ1n) is 6.42. The van der Waals surface area contributed by atoms with E-state index in [4.69, 9.17) is 5.73 Å². The zero-order chi connectivity index (χ0) is 11.5. The van der Waals surface area contributed by atoms with Crippen LogP contribution in [0.2, 0.25) is 0 Å². The lowest BCUT2D eigenvalue weighted by Gasteiger charge is -2.27. The summed E-state index contributed by atoms with van der Waals surface area (Å²) in [6, 6.07) is 0.0866. The topological polar surface area (TPSA) is 43.8 Å². The maximum atomic E-state index is 5.93. The van der Waals surface area contributed by atoms with E-state index in [1.165, 1.54) is 31.4 Å². The van der Waals surface area contributed by atoms with Crippen molar-refractivity contribution < 1.29 is 0 Å². The van der Waals surface area contributed by atoms with Crippen LogP contribution >= 0.6 is 0 Å². The molecular formula is C13H23N3. The van der Waals surface area contributed by atoms with Crippen LogP contribution in [0.4, 0.5) is 0 Å². The van der Waals surface area contributed by atoms with Gasteiger partial charge < -0.3 is 10.3 Å². The Morgan fingerprint density at radius 1 is 1.56 bits per heavy atom. The largest absolute Gasteiger partial charge is 0.333 e. The summed E-state index contributed by atoms with van der Waals surface area (Å²) in [6.07, 6.45) is 9.33. The van der Waals surface area contributed by atoms with E-state index in [0.29, 0.717) is 0 Å². The van der Waals surface area contributed by atoms with E-state index < -0.39 is 0 Å². The number of nitrogens with two attached hydrogens (primary N) is 1. The van der Waals surface area contributed by atoms with Crippen molar-refractivity contribution >= 4 is 0 Å². The van der Waals surface area contributed by atoms with Crippen LogP contribution in [0.15, 0.2) is 12.5 Å². The maximum absolute atomic E-state index is 5.93. The molecule has 0 aromatic carbocycles. The zero-order valence-corrected chi connectivity index (χ0v) is 10.4. The molecule has 0 amide bonds. The summed E-state index contributed by atoms with van der Waals surface area (Å²) in [7, 11) is 0. The minimum absolute atomic E-state index is 0.0866. The smallest absolute Gasteiger partial charge is 0.0948 e. The van der Waals surface area contributed by atoms with E-state index in [1.807, 2.05) is 19.4 Å². The van der Waals surface area contributed by atoms with Crippen molar-refractivity contribution in [1.29, 1.82) is 0 Å². The van der Waals surface area contributed by atoms with Gasteiger partial charge in [-0.05, 0) is 31.6 Å². The number of aromatic nitrogens is 2. The van der Waals surface area contributed by atoms with Crippen LogP contribution in [0.25, 0.3) is 0 Å². The average Bonchev–Trinajstić information content (AvgIpc) is 2.66. The SMILES string of the molecule is CC1CCCC(Cn2cncc2[C@@H](C)N)C1. The highest BCUT2D eigenvalue weighted by Gasteiger charge is 2.20. The van der Waals surface area contributed by atoms with Crippen LogP contribution in [-0.4, -0.2) is 9.55 Å². The molecule has 16 heavy (non-hydrogen) atoms. The lowest BCUT2D eigenvalue weighted by Crippen LogP contribution is -2.21. The summed E-state index contributed by atoms with van der Waals surface area (Å²) in [6.45, 7) is 5.49. The van der Waals surface area contributed by atoms with Crippen LogP contribution < -0.4 is 5.73 Å². The second kappa shape index (κ2) is 5.00. The Kier molecular flexibility index (Phi) is 3.64. The normalized spacial score (nSPS) is 27.9. The molecule has 0 saturated heterocycles. The molecular weight excluding hydrogens is 198 g/mol. The summed E-state index contributed by atoms with van der Waals surface area (Å²) in [4.78, 5) is 4.21. The number of imidazole rings is 1. The first-order chi connectivity index (χ1) is 7.66. The Labute approximate surface area is 98.1 Å². The third-order valence-corrected chi connectivity index (χ3v) is 3.71. The van der Waals surface area contributed by atoms with E-state index in [-0.39, 0.29) is 6.04 Å². The van der Waals surface area contributed by atoms with Crippen molar-refractivity contribution in [1.82, 2.24) is 9.55 Å². The third kappa shape index (κ3) is 2.64. The second-order valence-electron chi connectivity index (χ2n) is 5.40. The zero-order valence-electron chi connectivity index (χ0n) is 10.4. The van der Waals surface area contributed by atoms with Crippen molar-refractivity contribution in [2.24, 2.45) is 17.6 Å². The summed E-state index contributed by atoms with van der Waals surface area (Å²) in [5.41, 5.74) is 7.10. The van der Waals surface area contributed by atoms with Gasteiger partial charge in [0.15, 0.2) is 0 Å². The molecule has 1 heterocycles. The molecule has 1 aromatic heterocycles. The summed E-state index contributed by atoms with van der Waals surface area (Å²) >= 11 is 0. The molecule has 2 unspecified atom stereocenters. The third-order valence-electron chi connectivity index (χ3n) is 3.71. The van der Waals surface area contributed by atoms with E-state index in [9.17, 15) is 0 Å².